The maximum Gasteiger partial charge on any atom is 0.417 e. The molecule has 0 unspecified atom stereocenters. The summed E-state index contributed by atoms with van der Waals surface area (Å²) >= 11 is 0. The van der Waals surface area contributed by atoms with Crippen LogP contribution in [0.25, 0.3) is 22.4 Å². The van der Waals surface area contributed by atoms with Gasteiger partial charge in [0.2, 0.25) is 5.95 Å². The minimum Gasteiger partial charge on any atom is -0.290 e. The molecule has 2 N–H and O–H groups in total. The van der Waals surface area contributed by atoms with Gasteiger partial charge in [0.15, 0.2) is 0 Å². The van der Waals surface area contributed by atoms with E-state index >= 15 is 0 Å². The van der Waals surface area contributed by atoms with Crippen LogP contribution in [0.3, 0.4) is 0 Å². The zero-order chi connectivity index (χ0) is 24.1. The van der Waals surface area contributed by atoms with Crippen LogP contribution in [0.5, 0.6) is 0 Å². The van der Waals surface area contributed by atoms with Gasteiger partial charge in [0.05, 0.1) is 17.5 Å². The second-order valence-electron chi connectivity index (χ2n) is 7.12. The van der Waals surface area contributed by atoms with Crippen LogP contribution in [0.4, 0.5) is 19.1 Å². The fourth-order valence-electron chi connectivity index (χ4n) is 3.42. The molecule has 34 heavy (non-hydrogen) atoms. The Morgan fingerprint density at radius 3 is 2.29 bits per heavy atom. The molecule has 0 fully saturated rings. The Kier molecular flexibility index (Phi) is 6.23. The quantitative estimate of drug-likeness (QED) is 0.307. The zero-order valence-corrected chi connectivity index (χ0v) is 17.5. The van der Waals surface area contributed by atoms with Crippen molar-refractivity contribution in [1.82, 2.24) is 9.97 Å². The molecule has 6 nitrogen and oxygen atoms in total. The molecule has 4 aromatic rings. The highest BCUT2D eigenvalue weighted by Crippen LogP contribution is 2.37. The molecule has 3 aromatic carbocycles. The Balaban J connectivity index is 1.68. The van der Waals surface area contributed by atoms with E-state index in [-0.39, 0.29) is 22.8 Å². The maximum absolute atomic E-state index is 13.5. The molecule has 0 bridgehead atoms. The lowest BCUT2D eigenvalue weighted by molar-refractivity contribution is -0.137. The van der Waals surface area contributed by atoms with Crippen molar-refractivity contribution in [3.8, 4) is 28.5 Å². The van der Waals surface area contributed by atoms with Gasteiger partial charge in [-0.05, 0) is 17.2 Å². The normalized spacial score (nSPS) is 11.4. The number of nitriles is 1. The Bertz CT molecular complexity index is 1450. The monoisotopic (exact) mass is 459 g/mol. The summed E-state index contributed by atoms with van der Waals surface area (Å²) in [6.45, 7) is 0. The molecule has 0 spiro atoms. The van der Waals surface area contributed by atoms with Crippen molar-refractivity contribution in [1.29, 1.82) is 5.26 Å². The zero-order valence-electron chi connectivity index (χ0n) is 17.5. The number of aromatic amines is 1. The lowest BCUT2D eigenvalue weighted by Gasteiger charge is -2.14. The van der Waals surface area contributed by atoms with E-state index in [1.807, 2.05) is 6.07 Å². The highest BCUT2D eigenvalue weighted by atomic mass is 19.4. The van der Waals surface area contributed by atoms with Crippen molar-refractivity contribution in [2.24, 2.45) is 5.10 Å². The second kappa shape index (κ2) is 9.42. The largest absolute Gasteiger partial charge is 0.417 e. The van der Waals surface area contributed by atoms with Crippen molar-refractivity contribution < 1.29 is 13.2 Å². The first kappa shape index (κ1) is 22.5. The predicted molar refractivity (Wildman–Crippen MR) is 123 cm³/mol. The lowest BCUT2D eigenvalue weighted by Crippen LogP contribution is -2.16. The van der Waals surface area contributed by atoms with Crippen LogP contribution in [0, 0.1) is 11.3 Å². The first-order valence-corrected chi connectivity index (χ1v) is 10.0. The highest BCUT2D eigenvalue weighted by Gasteiger charge is 2.33. The summed E-state index contributed by atoms with van der Waals surface area (Å²) in [7, 11) is 0. The number of anilines is 1. The summed E-state index contributed by atoms with van der Waals surface area (Å²) in [6, 6.07) is 22.4. The Morgan fingerprint density at radius 2 is 1.59 bits per heavy atom. The van der Waals surface area contributed by atoms with Crippen LogP contribution in [-0.2, 0) is 6.18 Å². The van der Waals surface area contributed by atoms with Crippen LogP contribution in [0.15, 0.2) is 88.8 Å². The Hall–Kier alpha value is -4.71. The highest BCUT2D eigenvalue weighted by molar-refractivity contribution is 5.91. The van der Waals surface area contributed by atoms with E-state index in [9.17, 15) is 23.2 Å². The number of nitrogens with zero attached hydrogens (tertiary/aromatic N) is 3. The number of hydrazone groups is 1. The number of benzene rings is 3. The number of rotatable bonds is 5. The molecule has 4 rings (SSSR count). The average Bonchev–Trinajstić information content (AvgIpc) is 2.84. The third-order valence-corrected chi connectivity index (χ3v) is 4.94. The molecule has 0 aliphatic carbocycles. The molecule has 1 heterocycles. The smallest absolute Gasteiger partial charge is 0.290 e. The van der Waals surface area contributed by atoms with Gasteiger partial charge in [-0.25, -0.2) is 10.4 Å². The summed E-state index contributed by atoms with van der Waals surface area (Å²) in [5.74, 6) is -0.0210. The number of alkyl halides is 3. The molecule has 168 valence electrons. The van der Waals surface area contributed by atoms with E-state index in [0.29, 0.717) is 16.7 Å². The molecule has 0 aliphatic rings. The van der Waals surface area contributed by atoms with Gasteiger partial charge in [0.25, 0.3) is 5.56 Å². The maximum atomic E-state index is 13.5. The van der Waals surface area contributed by atoms with Crippen LogP contribution in [0.2, 0.25) is 0 Å². The molecule has 0 amide bonds. The van der Waals surface area contributed by atoms with Crippen LogP contribution >= 0.6 is 0 Å². The number of aromatic nitrogens is 2. The summed E-state index contributed by atoms with van der Waals surface area (Å²) in [5, 5.41) is 13.4. The van der Waals surface area contributed by atoms with Gasteiger partial charge in [0.1, 0.15) is 11.6 Å². The summed E-state index contributed by atoms with van der Waals surface area (Å²) < 4.78 is 40.5. The van der Waals surface area contributed by atoms with E-state index in [1.165, 1.54) is 24.4 Å². The van der Waals surface area contributed by atoms with E-state index in [2.05, 4.69) is 20.5 Å². The molecule has 0 saturated carbocycles. The molecular weight excluding hydrogens is 443 g/mol. The Morgan fingerprint density at radius 1 is 0.941 bits per heavy atom. The van der Waals surface area contributed by atoms with Crippen molar-refractivity contribution >= 4 is 12.2 Å². The second-order valence-corrected chi connectivity index (χ2v) is 7.12. The summed E-state index contributed by atoms with van der Waals surface area (Å²) in [4.78, 5) is 19.1. The summed E-state index contributed by atoms with van der Waals surface area (Å²) in [5.41, 5.74) is 2.59. The van der Waals surface area contributed by atoms with E-state index in [0.717, 1.165) is 6.07 Å². The van der Waals surface area contributed by atoms with Gasteiger partial charge in [-0.1, -0.05) is 72.8 Å². The van der Waals surface area contributed by atoms with Gasteiger partial charge in [-0.2, -0.15) is 23.5 Å². The van der Waals surface area contributed by atoms with E-state index in [1.54, 1.807) is 54.6 Å². The van der Waals surface area contributed by atoms with Crippen molar-refractivity contribution in [3.05, 3.63) is 106 Å². The fraction of sp³-hybridized carbons (Fsp3) is 0.0400. The SMILES string of the molecule is N#Cc1c(-c2ccccc2)nc(NN=Cc2ccccc2-c2ccccc2C(F)(F)F)[nH]c1=O. The number of hydrogen-bond acceptors (Lipinski definition) is 5. The molecular formula is C25H16F3N5O. The third-order valence-electron chi connectivity index (χ3n) is 4.94. The van der Waals surface area contributed by atoms with Gasteiger partial charge in [-0.3, -0.25) is 9.78 Å². The van der Waals surface area contributed by atoms with Gasteiger partial charge >= 0.3 is 6.18 Å². The molecule has 1 aromatic heterocycles. The van der Waals surface area contributed by atoms with Crippen LogP contribution < -0.4 is 11.0 Å². The summed E-state index contributed by atoms with van der Waals surface area (Å²) in [6.07, 6.45) is -3.18. The van der Waals surface area contributed by atoms with Gasteiger partial charge in [0, 0.05) is 11.1 Å². The number of H-pyrrole nitrogens is 1. The Labute approximate surface area is 192 Å². The van der Waals surface area contributed by atoms with Crippen molar-refractivity contribution in [3.63, 3.8) is 0 Å². The van der Waals surface area contributed by atoms with Crippen LogP contribution in [0.1, 0.15) is 16.7 Å². The lowest BCUT2D eigenvalue weighted by atomic mass is 9.95. The molecule has 0 radical (unpaired) electrons. The molecule has 9 heteroatoms. The average molecular weight is 459 g/mol. The number of hydrogen-bond donors (Lipinski definition) is 2. The fourth-order valence-corrected chi connectivity index (χ4v) is 3.42. The van der Waals surface area contributed by atoms with E-state index < -0.39 is 17.3 Å². The minimum atomic E-state index is -4.52. The minimum absolute atomic E-state index is 0.0210. The van der Waals surface area contributed by atoms with Crippen LogP contribution in [-0.4, -0.2) is 16.2 Å². The predicted octanol–water partition coefficient (Wildman–Crippen LogP) is 5.44. The third kappa shape index (κ3) is 4.71. The van der Waals surface area contributed by atoms with Crippen molar-refractivity contribution in [2.45, 2.75) is 6.18 Å². The van der Waals surface area contributed by atoms with Gasteiger partial charge < -0.3 is 0 Å². The molecule has 0 aliphatic heterocycles. The van der Waals surface area contributed by atoms with E-state index in [4.69, 9.17) is 0 Å². The van der Waals surface area contributed by atoms with Gasteiger partial charge in [-0.15, -0.1) is 0 Å². The first-order chi connectivity index (χ1) is 16.4. The number of halogens is 3. The van der Waals surface area contributed by atoms with Crippen molar-refractivity contribution in [2.75, 3.05) is 5.43 Å². The molecule has 0 saturated heterocycles. The molecule has 0 atom stereocenters. The standard InChI is InChI=1S/C25H16F3N5O/c26-25(27,28)21-13-7-6-12-19(21)18-11-5-4-10-17(18)15-30-33-24-31-22(16-8-2-1-3-9-16)20(14-29)23(34)32-24/h1-13,15H,(H2,31,32,33,34). The first-order valence-electron chi connectivity index (χ1n) is 10.0. The topological polar surface area (TPSA) is 93.9 Å². The number of nitrogens with one attached hydrogen (secondary N) is 2.